The van der Waals surface area contributed by atoms with Gasteiger partial charge in [0.05, 0.1) is 23.8 Å². The molecular weight excluding hydrogens is 499 g/mol. The number of rotatable bonds is 10. The SMILES string of the molecule is COCCOc1ccc(Br)cc1C(=O)NNC(=O)CCCOc1ccc(Cl)cc1Cl. The van der Waals surface area contributed by atoms with E-state index in [1.165, 1.54) is 0 Å². The molecule has 0 fully saturated rings. The molecule has 0 unspecified atom stereocenters. The summed E-state index contributed by atoms with van der Waals surface area (Å²) in [7, 11) is 1.56. The van der Waals surface area contributed by atoms with E-state index in [2.05, 4.69) is 26.8 Å². The standard InChI is InChI=1S/C20H21BrCl2N2O5/c1-28-9-10-30-17-6-4-13(21)11-15(17)20(27)25-24-19(26)3-2-8-29-18-7-5-14(22)12-16(18)23/h4-7,11-12H,2-3,8-10H2,1H3,(H,24,26)(H,25,27). The van der Waals surface area contributed by atoms with Crippen molar-refractivity contribution in [2.75, 3.05) is 26.9 Å². The molecule has 0 aliphatic heterocycles. The van der Waals surface area contributed by atoms with Crippen LogP contribution in [0.25, 0.3) is 0 Å². The minimum atomic E-state index is -0.499. The van der Waals surface area contributed by atoms with E-state index >= 15 is 0 Å². The Morgan fingerprint density at radius 2 is 1.70 bits per heavy atom. The smallest absolute Gasteiger partial charge is 0.273 e. The Bertz CT molecular complexity index is 882. The third-order valence-electron chi connectivity index (χ3n) is 3.75. The maximum Gasteiger partial charge on any atom is 0.273 e. The zero-order valence-corrected chi connectivity index (χ0v) is 19.3. The van der Waals surface area contributed by atoms with Gasteiger partial charge in [-0.2, -0.15) is 0 Å². The van der Waals surface area contributed by atoms with Crippen LogP contribution in [0.5, 0.6) is 11.5 Å². The summed E-state index contributed by atoms with van der Waals surface area (Å²) in [4.78, 5) is 24.4. The molecule has 0 spiro atoms. The van der Waals surface area contributed by atoms with Gasteiger partial charge in [0, 0.05) is 23.0 Å². The summed E-state index contributed by atoms with van der Waals surface area (Å²) in [5, 5.41) is 0.914. The van der Waals surface area contributed by atoms with Gasteiger partial charge in [-0.05, 0) is 42.8 Å². The summed E-state index contributed by atoms with van der Waals surface area (Å²) in [6, 6.07) is 9.93. The maximum atomic E-state index is 12.4. The van der Waals surface area contributed by atoms with Crippen LogP contribution in [-0.2, 0) is 9.53 Å². The molecule has 0 bridgehead atoms. The molecular formula is C20H21BrCl2N2O5. The molecule has 2 amide bonds. The van der Waals surface area contributed by atoms with Gasteiger partial charge >= 0.3 is 0 Å². The molecule has 0 saturated carbocycles. The summed E-state index contributed by atoms with van der Waals surface area (Å²) < 4.78 is 16.7. The van der Waals surface area contributed by atoms with Crippen LogP contribution in [0.1, 0.15) is 23.2 Å². The molecule has 30 heavy (non-hydrogen) atoms. The predicted molar refractivity (Wildman–Crippen MR) is 118 cm³/mol. The van der Waals surface area contributed by atoms with Crippen molar-refractivity contribution < 1.29 is 23.8 Å². The lowest BCUT2D eigenvalue weighted by Crippen LogP contribution is -2.41. The van der Waals surface area contributed by atoms with Gasteiger partial charge in [-0.25, -0.2) is 0 Å². The van der Waals surface area contributed by atoms with Crippen LogP contribution in [0.3, 0.4) is 0 Å². The van der Waals surface area contributed by atoms with Crippen LogP contribution < -0.4 is 20.3 Å². The van der Waals surface area contributed by atoms with Crippen LogP contribution in [0.4, 0.5) is 0 Å². The van der Waals surface area contributed by atoms with Crippen LogP contribution in [0.2, 0.25) is 10.0 Å². The number of halogens is 3. The molecule has 2 aromatic carbocycles. The van der Waals surface area contributed by atoms with Crippen LogP contribution >= 0.6 is 39.1 Å². The lowest BCUT2D eigenvalue weighted by atomic mass is 10.2. The Balaban J connectivity index is 1.77. The quantitative estimate of drug-likeness (QED) is 0.359. The second-order valence-electron chi connectivity index (χ2n) is 6.01. The number of ether oxygens (including phenoxy) is 3. The van der Waals surface area contributed by atoms with E-state index in [-0.39, 0.29) is 24.5 Å². The highest BCUT2D eigenvalue weighted by molar-refractivity contribution is 9.10. The van der Waals surface area contributed by atoms with E-state index in [1.807, 2.05) is 0 Å². The number of carbonyl (C=O) groups is 2. The van der Waals surface area contributed by atoms with E-state index in [1.54, 1.807) is 43.5 Å². The Kier molecular flexibility index (Phi) is 10.2. The van der Waals surface area contributed by atoms with E-state index in [0.29, 0.717) is 45.7 Å². The number of hydrogen-bond donors (Lipinski definition) is 2. The van der Waals surface area contributed by atoms with Gasteiger partial charge in [0.2, 0.25) is 5.91 Å². The Hall–Kier alpha value is -2.00. The molecule has 2 aromatic rings. The number of hydrogen-bond acceptors (Lipinski definition) is 5. The van der Waals surface area contributed by atoms with Crippen molar-refractivity contribution in [1.29, 1.82) is 0 Å². The molecule has 2 N–H and O–H groups in total. The zero-order valence-electron chi connectivity index (χ0n) is 16.2. The first-order valence-corrected chi connectivity index (χ1v) is 10.5. The first-order chi connectivity index (χ1) is 14.4. The normalized spacial score (nSPS) is 10.4. The van der Waals surface area contributed by atoms with Crippen molar-refractivity contribution in [1.82, 2.24) is 10.9 Å². The molecule has 162 valence electrons. The molecule has 0 aliphatic rings. The van der Waals surface area contributed by atoms with Crippen molar-refractivity contribution in [2.45, 2.75) is 12.8 Å². The highest BCUT2D eigenvalue weighted by atomic mass is 79.9. The van der Waals surface area contributed by atoms with E-state index in [9.17, 15) is 9.59 Å². The summed E-state index contributed by atoms with van der Waals surface area (Å²) in [5.74, 6) is 0.0212. The summed E-state index contributed by atoms with van der Waals surface area (Å²) in [6.07, 6.45) is 0.587. The number of hydrazine groups is 1. The van der Waals surface area contributed by atoms with Gasteiger partial charge in [0.25, 0.3) is 5.91 Å². The second kappa shape index (κ2) is 12.6. The van der Waals surface area contributed by atoms with Crippen LogP contribution in [0.15, 0.2) is 40.9 Å². The third kappa shape index (κ3) is 8.02. The average Bonchev–Trinajstić information content (AvgIpc) is 2.72. The molecule has 2 rings (SSSR count). The van der Waals surface area contributed by atoms with Gasteiger partial charge in [-0.15, -0.1) is 0 Å². The highest BCUT2D eigenvalue weighted by Crippen LogP contribution is 2.27. The van der Waals surface area contributed by atoms with Crippen molar-refractivity contribution >= 4 is 50.9 Å². The van der Waals surface area contributed by atoms with Gasteiger partial charge in [-0.1, -0.05) is 39.1 Å². The minimum Gasteiger partial charge on any atom is -0.492 e. The minimum absolute atomic E-state index is 0.154. The fourth-order valence-corrected chi connectivity index (χ4v) is 3.13. The molecule has 0 aromatic heterocycles. The molecule has 7 nitrogen and oxygen atoms in total. The lowest BCUT2D eigenvalue weighted by Gasteiger charge is -2.13. The lowest BCUT2D eigenvalue weighted by molar-refractivity contribution is -0.122. The molecule has 10 heteroatoms. The topological polar surface area (TPSA) is 85.9 Å². The zero-order chi connectivity index (χ0) is 21.9. The summed E-state index contributed by atoms with van der Waals surface area (Å²) >= 11 is 15.2. The van der Waals surface area contributed by atoms with Crippen molar-refractivity contribution in [2.24, 2.45) is 0 Å². The molecule has 0 heterocycles. The fraction of sp³-hybridized carbons (Fsp3) is 0.300. The average molecular weight is 520 g/mol. The Labute approximate surface area is 193 Å². The van der Waals surface area contributed by atoms with Crippen LogP contribution in [0, 0.1) is 0 Å². The summed E-state index contributed by atoms with van der Waals surface area (Å²) in [5.41, 5.74) is 5.04. The molecule has 0 aliphatic carbocycles. The van der Waals surface area contributed by atoms with Gasteiger partial charge < -0.3 is 14.2 Å². The van der Waals surface area contributed by atoms with Gasteiger partial charge in [-0.3, -0.25) is 20.4 Å². The largest absolute Gasteiger partial charge is 0.492 e. The van der Waals surface area contributed by atoms with E-state index < -0.39 is 5.91 Å². The molecule has 0 atom stereocenters. The van der Waals surface area contributed by atoms with Crippen molar-refractivity contribution in [3.8, 4) is 11.5 Å². The number of benzene rings is 2. The Morgan fingerprint density at radius 3 is 2.43 bits per heavy atom. The highest BCUT2D eigenvalue weighted by Gasteiger charge is 2.14. The predicted octanol–water partition coefficient (Wildman–Crippen LogP) is 4.40. The second-order valence-corrected chi connectivity index (χ2v) is 7.77. The maximum absolute atomic E-state index is 12.4. The monoisotopic (exact) mass is 518 g/mol. The molecule has 0 radical (unpaired) electrons. The first-order valence-electron chi connectivity index (χ1n) is 8.99. The number of methoxy groups -OCH3 is 1. The van der Waals surface area contributed by atoms with Gasteiger partial charge in [0.15, 0.2) is 0 Å². The van der Waals surface area contributed by atoms with E-state index in [0.717, 1.165) is 0 Å². The van der Waals surface area contributed by atoms with Gasteiger partial charge in [0.1, 0.15) is 18.1 Å². The number of carbonyl (C=O) groups excluding carboxylic acids is 2. The van der Waals surface area contributed by atoms with Crippen molar-refractivity contribution in [3.05, 3.63) is 56.5 Å². The summed E-state index contributed by atoms with van der Waals surface area (Å²) in [6.45, 7) is 0.964. The van der Waals surface area contributed by atoms with E-state index in [4.69, 9.17) is 37.4 Å². The fourth-order valence-electron chi connectivity index (χ4n) is 2.30. The number of amides is 2. The van der Waals surface area contributed by atoms with Crippen molar-refractivity contribution in [3.63, 3.8) is 0 Å². The molecule has 0 saturated heterocycles. The van der Waals surface area contributed by atoms with Crippen LogP contribution in [-0.4, -0.2) is 38.7 Å². The number of nitrogens with one attached hydrogen (secondary N) is 2. The third-order valence-corrected chi connectivity index (χ3v) is 4.77. The first kappa shape index (κ1) is 24.3. The Morgan fingerprint density at radius 1 is 0.967 bits per heavy atom.